The smallest absolute Gasteiger partial charge is 0.273 e. The zero-order valence-electron chi connectivity index (χ0n) is 12.2. The second-order valence-electron chi connectivity index (χ2n) is 5.51. The number of amides is 1. The molecular formula is C14H19Cl2N3OS2. The van der Waals surface area contributed by atoms with Crippen molar-refractivity contribution >= 4 is 53.4 Å². The Hall–Kier alpha value is -0.660. The van der Waals surface area contributed by atoms with Gasteiger partial charge in [-0.1, -0.05) is 13.0 Å². The summed E-state index contributed by atoms with van der Waals surface area (Å²) in [6.07, 6.45) is 0.969. The number of rotatable bonds is 3. The molecule has 0 aromatic carbocycles. The van der Waals surface area contributed by atoms with E-state index in [2.05, 4.69) is 11.9 Å². The number of hydrogen-bond donors (Lipinski definition) is 1. The highest BCUT2D eigenvalue weighted by atomic mass is 35.5. The Balaban J connectivity index is 0.00000121. The molecule has 4 nitrogen and oxygen atoms in total. The van der Waals surface area contributed by atoms with Gasteiger partial charge in [-0.3, -0.25) is 4.79 Å². The number of nitrogens with zero attached hydrogens (tertiary/aromatic N) is 2. The second kappa shape index (κ2) is 7.75. The monoisotopic (exact) mass is 379 g/mol. The lowest BCUT2D eigenvalue weighted by Crippen LogP contribution is -2.34. The number of carbonyl (C=O) groups excluding carboxylic acids is 1. The van der Waals surface area contributed by atoms with E-state index in [9.17, 15) is 4.79 Å². The third-order valence-corrected chi connectivity index (χ3v) is 5.67. The molecule has 22 heavy (non-hydrogen) atoms. The molecule has 1 amide bonds. The fourth-order valence-electron chi connectivity index (χ4n) is 2.41. The molecule has 1 unspecified atom stereocenters. The average Bonchev–Trinajstić information content (AvgIpc) is 3.18. The summed E-state index contributed by atoms with van der Waals surface area (Å²) in [7, 11) is 0. The highest BCUT2D eigenvalue weighted by Gasteiger charge is 2.35. The van der Waals surface area contributed by atoms with Crippen LogP contribution in [0.2, 0.25) is 0 Å². The number of nitrogens with two attached hydrogens (primary N) is 1. The summed E-state index contributed by atoms with van der Waals surface area (Å²) in [4.78, 5) is 19.9. The zero-order chi connectivity index (χ0) is 14.2. The molecule has 2 aromatic rings. The Labute approximate surface area is 150 Å². The van der Waals surface area contributed by atoms with Gasteiger partial charge in [-0.2, -0.15) is 0 Å². The SMILES string of the molecule is CC1(CN)CCN(C(=O)c2csc(-c3cccs3)n2)C1.Cl.Cl. The molecule has 1 saturated heterocycles. The summed E-state index contributed by atoms with van der Waals surface area (Å²) in [5, 5.41) is 4.80. The van der Waals surface area contributed by atoms with Crippen molar-refractivity contribution in [2.75, 3.05) is 19.6 Å². The van der Waals surface area contributed by atoms with Crippen molar-refractivity contribution in [3.05, 3.63) is 28.6 Å². The van der Waals surface area contributed by atoms with Crippen molar-refractivity contribution in [1.29, 1.82) is 0 Å². The van der Waals surface area contributed by atoms with E-state index in [1.165, 1.54) is 11.3 Å². The van der Waals surface area contributed by atoms with Gasteiger partial charge in [0.1, 0.15) is 10.7 Å². The number of carbonyl (C=O) groups is 1. The summed E-state index contributed by atoms with van der Waals surface area (Å²) < 4.78 is 0. The Morgan fingerprint density at radius 2 is 2.23 bits per heavy atom. The van der Waals surface area contributed by atoms with Crippen LogP contribution in [-0.2, 0) is 0 Å². The van der Waals surface area contributed by atoms with Gasteiger partial charge in [-0.05, 0) is 29.8 Å². The minimum absolute atomic E-state index is 0. The molecular weight excluding hydrogens is 361 g/mol. The van der Waals surface area contributed by atoms with Gasteiger partial charge < -0.3 is 10.6 Å². The largest absolute Gasteiger partial charge is 0.337 e. The average molecular weight is 380 g/mol. The predicted octanol–water partition coefficient (Wildman–Crippen LogP) is 3.53. The predicted molar refractivity (Wildman–Crippen MR) is 97.6 cm³/mol. The van der Waals surface area contributed by atoms with Gasteiger partial charge >= 0.3 is 0 Å². The van der Waals surface area contributed by atoms with Gasteiger partial charge in [-0.25, -0.2) is 4.98 Å². The van der Waals surface area contributed by atoms with Crippen molar-refractivity contribution in [1.82, 2.24) is 9.88 Å². The first-order valence-electron chi connectivity index (χ1n) is 6.60. The summed E-state index contributed by atoms with van der Waals surface area (Å²) in [5.41, 5.74) is 6.40. The first-order chi connectivity index (χ1) is 9.61. The number of thiazole rings is 1. The van der Waals surface area contributed by atoms with E-state index in [-0.39, 0.29) is 36.1 Å². The van der Waals surface area contributed by atoms with Crippen LogP contribution in [0.25, 0.3) is 9.88 Å². The van der Waals surface area contributed by atoms with Gasteiger partial charge in [0.05, 0.1) is 4.88 Å². The van der Waals surface area contributed by atoms with E-state index in [0.29, 0.717) is 12.2 Å². The highest BCUT2D eigenvalue weighted by Crippen LogP contribution is 2.31. The fourth-order valence-corrected chi connectivity index (χ4v) is 4.02. The molecule has 0 aliphatic carbocycles. The Kier molecular flexibility index (Phi) is 6.83. The molecule has 122 valence electrons. The molecule has 0 radical (unpaired) electrons. The van der Waals surface area contributed by atoms with E-state index in [4.69, 9.17) is 5.73 Å². The normalized spacial score (nSPS) is 20.4. The number of thiophene rings is 1. The molecule has 1 aliphatic heterocycles. The van der Waals surface area contributed by atoms with E-state index >= 15 is 0 Å². The van der Waals surface area contributed by atoms with E-state index in [1.807, 2.05) is 27.8 Å². The molecule has 2 aromatic heterocycles. The topological polar surface area (TPSA) is 59.2 Å². The lowest BCUT2D eigenvalue weighted by Gasteiger charge is -2.22. The third-order valence-electron chi connectivity index (χ3n) is 3.79. The Morgan fingerprint density at radius 3 is 2.82 bits per heavy atom. The maximum atomic E-state index is 12.5. The van der Waals surface area contributed by atoms with Crippen LogP contribution < -0.4 is 5.73 Å². The number of halogens is 2. The number of likely N-dealkylation sites (tertiary alicyclic amines) is 1. The molecule has 1 fully saturated rings. The molecule has 3 heterocycles. The Morgan fingerprint density at radius 1 is 1.45 bits per heavy atom. The van der Waals surface area contributed by atoms with Gasteiger partial charge in [0.2, 0.25) is 0 Å². The third kappa shape index (κ3) is 3.81. The van der Waals surface area contributed by atoms with E-state index in [1.54, 1.807) is 11.3 Å². The molecule has 0 bridgehead atoms. The van der Waals surface area contributed by atoms with Crippen LogP contribution in [0.3, 0.4) is 0 Å². The van der Waals surface area contributed by atoms with Crippen molar-refractivity contribution in [2.45, 2.75) is 13.3 Å². The van der Waals surface area contributed by atoms with Crippen LogP contribution >= 0.6 is 47.5 Å². The van der Waals surface area contributed by atoms with Crippen LogP contribution in [0.5, 0.6) is 0 Å². The highest BCUT2D eigenvalue weighted by molar-refractivity contribution is 7.20. The summed E-state index contributed by atoms with van der Waals surface area (Å²) in [5.74, 6) is 0.0289. The first-order valence-corrected chi connectivity index (χ1v) is 8.36. The molecule has 2 N–H and O–H groups in total. The lowest BCUT2D eigenvalue weighted by atomic mass is 9.90. The number of aromatic nitrogens is 1. The van der Waals surface area contributed by atoms with Crippen LogP contribution in [0.1, 0.15) is 23.8 Å². The van der Waals surface area contributed by atoms with Gasteiger partial charge in [0.25, 0.3) is 5.91 Å². The van der Waals surface area contributed by atoms with Gasteiger partial charge in [-0.15, -0.1) is 47.5 Å². The maximum absolute atomic E-state index is 12.5. The van der Waals surface area contributed by atoms with Crippen molar-refractivity contribution < 1.29 is 4.79 Å². The minimum Gasteiger partial charge on any atom is -0.337 e. The van der Waals surface area contributed by atoms with Crippen LogP contribution in [-0.4, -0.2) is 35.4 Å². The quantitative estimate of drug-likeness (QED) is 0.886. The van der Waals surface area contributed by atoms with Gasteiger partial charge in [0.15, 0.2) is 0 Å². The molecule has 1 atom stereocenters. The fraction of sp³-hybridized carbons (Fsp3) is 0.429. The summed E-state index contributed by atoms with van der Waals surface area (Å²) in [6.45, 7) is 4.26. The van der Waals surface area contributed by atoms with E-state index < -0.39 is 0 Å². The molecule has 0 spiro atoms. The van der Waals surface area contributed by atoms with Crippen LogP contribution in [0, 0.1) is 5.41 Å². The molecule has 8 heteroatoms. The second-order valence-corrected chi connectivity index (χ2v) is 7.31. The summed E-state index contributed by atoms with van der Waals surface area (Å²) >= 11 is 3.17. The van der Waals surface area contributed by atoms with Crippen molar-refractivity contribution in [3.63, 3.8) is 0 Å². The zero-order valence-corrected chi connectivity index (χ0v) is 15.4. The maximum Gasteiger partial charge on any atom is 0.273 e. The van der Waals surface area contributed by atoms with Crippen LogP contribution in [0.15, 0.2) is 22.9 Å². The standard InChI is InChI=1S/C14H17N3OS2.2ClH/c1-14(8-15)4-5-17(9-14)13(18)10-7-20-12(16-10)11-3-2-6-19-11;;/h2-3,6-7H,4-5,8-9,15H2,1H3;2*1H. The number of hydrogen-bond acceptors (Lipinski definition) is 5. The lowest BCUT2D eigenvalue weighted by molar-refractivity contribution is 0.0772. The Bertz CT molecular complexity index is 617. The molecule has 1 aliphatic rings. The molecule has 0 saturated carbocycles. The first kappa shape index (κ1) is 19.4. The van der Waals surface area contributed by atoms with Crippen molar-refractivity contribution in [2.24, 2.45) is 11.1 Å². The van der Waals surface area contributed by atoms with Crippen molar-refractivity contribution in [3.8, 4) is 9.88 Å². The summed E-state index contributed by atoms with van der Waals surface area (Å²) in [6, 6.07) is 4.02. The van der Waals surface area contributed by atoms with Gasteiger partial charge in [0, 0.05) is 18.5 Å². The minimum atomic E-state index is 0. The van der Waals surface area contributed by atoms with Crippen LogP contribution in [0.4, 0.5) is 0 Å². The molecule has 3 rings (SSSR count). The van der Waals surface area contributed by atoms with E-state index in [0.717, 1.165) is 29.4 Å².